The number of nitrogens with one attached hydrogen (secondary N) is 1. The molecule has 6 nitrogen and oxygen atoms in total. The molecule has 0 radical (unpaired) electrons. The lowest BCUT2D eigenvalue weighted by molar-refractivity contribution is -0.130. The molecule has 4 rings (SSSR count). The highest BCUT2D eigenvalue weighted by Crippen LogP contribution is 2.29. The van der Waals surface area contributed by atoms with Crippen LogP contribution < -0.4 is 5.32 Å². The minimum atomic E-state index is -1.18. The third kappa shape index (κ3) is 4.21. The first-order valence-electron chi connectivity index (χ1n) is 11.2. The molecule has 2 heterocycles. The van der Waals surface area contributed by atoms with E-state index in [4.69, 9.17) is 0 Å². The van der Waals surface area contributed by atoms with Crippen LogP contribution in [0.5, 0.6) is 0 Å². The molecule has 2 aromatic carbocycles. The summed E-state index contributed by atoms with van der Waals surface area (Å²) in [5.41, 5.74) is 4.18. The predicted molar refractivity (Wildman–Crippen MR) is 127 cm³/mol. The molecular weight excluding hydrogens is 414 g/mol. The van der Waals surface area contributed by atoms with E-state index in [-0.39, 0.29) is 12.3 Å². The van der Waals surface area contributed by atoms with Crippen molar-refractivity contribution in [3.63, 3.8) is 0 Å². The Morgan fingerprint density at radius 3 is 2.30 bits per heavy atom. The van der Waals surface area contributed by atoms with Crippen LogP contribution in [-0.4, -0.2) is 33.7 Å². The number of aromatic nitrogens is 1. The Balaban J connectivity index is 1.50. The number of rotatable bonds is 7. The van der Waals surface area contributed by atoms with Gasteiger partial charge in [0, 0.05) is 23.5 Å². The predicted octanol–water partition coefficient (Wildman–Crippen LogP) is 4.31. The summed E-state index contributed by atoms with van der Waals surface area (Å²) in [6.45, 7) is 7.99. The minimum Gasteiger partial charge on any atom is -0.348 e. The van der Waals surface area contributed by atoms with Crippen molar-refractivity contribution in [2.45, 2.75) is 46.2 Å². The number of carbonyl (C=O) groups excluding carboxylic acids is 3. The van der Waals surface area contributed by atoms with E-state index < -0.39 is 17.5 Å². The van der Waals surface area contributed by atoms with Gasteiger partial charge in [0.05, 0.1) is 6.54 Å². The number of urea groups is 1. The molecule has 6 heteroatoms. The van der Waals surface area contributed by atoms with Gasteiger partial charge >= 0.3 is 6.03 Å². The van der Waals surface area contributed by atoms with Gasteiger partial charge in [0.25, 0.3) is 5.91 Å². The molecule has 33 heavy (non-hydrogen) atoms. The van der Waals surface area contributed by atoms with E-state index in [9.17, 15) is 14.4 Å². The first-order valence-corrected chi connectivity index (χ1v) is 11.2. The number of amides is 3. The molecule has 1 aliphatic heterocycles. The van der Waals surface area contributed by atoms with Crippen molar-refractivity contribution in [3.8, 4) is 0 Å². The van der Waals surface area contributed by atoms with Crippen molar-refractivity contribution in [1.82, 2.24) is 14.8 Å². The molecule has 0 bridgehead atoms. The van der Waals surface area contributed by atoms with Crippen LogP contribution in [0.1, 0.15) is 45.4 Å². The quantitative estimate of drug-likeness (QED) is 0.437. The molecule has 1 fully saturated rings. The first kappa shape index (κ1) is 22.5. The van der Waals surface area contributed by atoms with Gasteiger partial charge in [-0.3, -0.25) is 14.5 Å². The number of Topliss-reactive ketones (excluding diaryl/α,β-unsaturated/α-hetero) is 1. The smallest absolute Gasteiger partial charge is 0.325 e. The van der Waals surface area contributed by atoms with Crippen LogP contribution in [0.25, 0.3) is 0 Å². The number of carbonyl (C=O) groups is 3. The molecule has 1 saturated heterocycles. The molecular formula is C27H29N3O3. The number of aryl methyl sites for hydroxylation is 3. The number of nitrogens with zero attached hydrogens (tertiary/aromatic N) is 2. The third-order valence-corrected chi connectivity index (χ3v) is 6.55. The van der Waals surface area contributed by atoms with E-state index in [1.165, 1.54) is 5.56 Å². The van der Waals surface area contributed by atoms with Crippen LogP contribution in [0, 0.1) is 20.8 Å². The fraction of sp³-hybridized carbons (Fsp3) is 0.296. The van der Waals surface area contributed by atoms with Gasteiger partial charge in [0.2, 0.25) is 0 Å². The average molecular weight is 444 g/mol. The number of hydrogen-bond acceptors (Lipinski definition) is 3. The van der Waals surface area contributed by atoms with Crippen molar-refractivity contribution in [2.75, 3.05) is 6.54 Å². The summed E-state index contributed by atoms with van der Waals surface area (Å²) in [5, 5.41) is 2.77. The third-order valence-electron chi connectivity index (χ3n) is 6.55. The van der Waals surface area contributed by atoms with Crippen molar-refractivity contribution in [1.29, 1.82) is 0 Å². The largest absolute Gasteiger partial charge is 0.348 e. The average Bonchev–Trinajstić information content (AvgIpc) is 3.20. The SMILES string of the molecule is Cc1ccc(C2(C)NC(=O)N(CC(=O)c3cc(C)n(CCc4ccccc4)c3C)C2=O)cc1. The van der Waals surface area contributed by atoms with Crippen LogP contribution in [0.15, 0.2) is 60.7 Å². The number of imide groups is 1. The second-order valence-electron chi connectivity index (χ2n) is 8.91. The van der Waals surface area contributed by atoms with Gasteiger partial charge in [0.1, 0.15) is 5.54 Å². The summed E-state index contributed by atoms with van der Waals surface area (Å²) < 4.78 is 2.11. The Morgan fingerprint density at radius 2 is 1.64 bits per heavy atom. The van der Waals surface area contributed by atoms with Crippen LogP contribution in [0.4, 0.5) is 4.79 Å². The van der Waals surface area contributed by atoms with E-state index in [1.807, 2.05) is 69.3 Å². The van der Waals surface area contributed by atoms with Gasteiger partial charge in [-0.15, -0.1) is 0 Å². The molecule has 1 atom stereocenters. The normalized spacial score (nSPS) is 18.0. The molecule has 0 aliphatic carbocycles. The van der Waals surface area contributed by atoms with E-state index in [0.29, 0.717) is 11.1 Å². The second kappa shape index (κ2) is 8.70. The maximum absolute atomic E-state index is 13.2. The molecule has 0 spiro atoms. The Kier molecular flexibility index (Phi) is 5.93. The standard InChI is InChI=1S/C27H29N3O3/c1-18-10-12-22(13-11-18)27(4)25(32)30(26(33)28-27)17-24(31)23-16-19(2)29(20(23)3)15-14-21-8-6-5-7-9-21/h5-13,16H,14-15,17H2,1-4H3,(H,28,33). The number of hydrogen-bond donors (Lipinski definition) is 1. The number of benzene rings is 2. The molecule has 1 unspecified atom stereocenters. The van der Waals surface area contributed by atoms with Crippen LogP contribution in [0.3, 0.4) is 0 Å². The van der Waals surface area contributed by atoms with E-state index in [0.717, 1.165) is 34.8 Å². The lowest BCUT2D eigenvalue weighted by Crippen LogP contribution is -2.41. The van der Waals surface area contributed by atoms with E-state index in [1.54, 1.807) is 6.92 Å². The molecule has 1 aliphatic rings. The van der Waals surface area contributed by atoms with Crippen molar-refractivity contribution in [3.05, 3.63) is 94.3 Å². The highest BCUT2D eigenvalue weighted by atomic mass is 16.2. The molecule has 1 aromatic heterocycles. The summed E-state index contributed by atoms with van der Waals surface area (Å²) in [6, 6.07) is 19.0. The van der Waals surface area contributed by atoms with Crippen LogP contribution in [-0.2, 0) is 23.3 Å². The monoisotopic (exact) mass is 443 g/mol. The van der Waals surface area contributed by atoms with E-state index >= 15 is 0 Å². The van der Waals surface area contributed by atoms with Gasteiger partial charge < -0.3 is 9.88 Å². The lowest BCUT2D eigenvalue weighted by Gasteiger charge is -2.22. The summed E-state index contributed by atoms with van der Waals surface area (Å²) in [6.07, 6.45) is 0.854. The van der Waals surface area contributed by atoms with Gasteiger partial charge in [0.15, 0.2) is 5.78 Å². The van der Waals surface area contributed by atoms with Gasteiger partial charge in [-0.2, -0.15) is 0 Å². The number of ketones is 1. The molecule has 3 aromatic rings. The summed E-state index contributed by atoms with van der Waals surface area (Å²) in [5.74, 6) is -0.659. The van der Waals surface area contributed by atoms with Gasteiger partial charge in [-0.05, 0) is 51.3 Å². The second-order valence-corrected chi connectivity index (χ2v) is 8.91. The zero-order chi connectivity index (χ0) is 23.8. The Labute approximate surface area is 194 Å². The van der Waals surface area contributed by atoms with Crippen LogP contribution in [0.2, 0.25) is 0 Å². The Morgan fingerprint density at radius 1 is 0.970 bits per heavy atom. The fourth-order valence-electron chi connectivity index (χ4n) is 4.46. The van der Waals surface area contributed by atoms with Crippen molar-refractivity contribution < 1.29 is 14.4 Å². The van der Waals surface area contributed by atoms with Crippen molar-refractivity contribution >= 4 is 17.7 Å². The molecule has 3 amide bonds. The summed E-state index contributed by atoms with van der Waals surface area (Å²) >= 11 is 0. The first-order chi connectivity index (χ1) is 15.7. The highest BCUT2D eigenvalue weighted by molar-refractivity contribution is 6.11. The molecule has 1 N–H and O–H groups in total. The van der Waals surface area contributed by atoms with Crippen molar-refractivity contribution in [2.24, 2.45) is 0 Å². The highest BCUT2D eigenvalue weighted by Gasteiger charge is 2.49. The zero-order valence-electron chi connectivity index (χ0n) is 19.5. The topological polar surface area (TPSA) is 71.4 Å². The Bertz CT molecular complexity index is 1210. The summed E-state index contributed by atoms with van der Waals surface area (Å²) in [7, 11) is 0. The fourth-order valence-corrected chi connectivity index (χ4v) is 4.46. The minimum absolute atomic E-state index is 0.245. The molecule has 0 saturated carbocycles. The van der Waals surface area contributed by atoms with E-state index in [2.05, 4.69) is 22.0 Å². The molecule has 170 valence electrons. The van der Waals surface area contributed by atoms with Gasteiger partial charge in [-0.25, -0.2) is 4.79 Å². The maximum Gasteiger partial charge on any atom is 0.325 e. The Hall–Kier alpha value is -3.67. The lowest BCUT2D eigenvalue weighted by atomic mass is 9.91. The van der Waals surface area contributed by atoms with Gasteiger partial charge in [-0.1, -0.05) is 60.2 Å². The maximum atomic E-state index is 13.2. The zero-order valence-corrected chi connectivity index (χ0v) is 19.5. The summed E-state index contributed by atoms with van der Waals surface area (Å²) in [4.78, 5) is 40.0. The van der Waals surface area contributed by atoms with Crippen LogP contribution >= 0.6 is 0 Å².